The Kier molecular flexibility index (Phi) is 1.83. The Balaban J connectivity index is 2.26. The highest BCUT2D eigenvalue weighted by Gasteiger charge is 2.11. The van der Waals surface area contributed by atoms with Crippen molar-refractivity contribution < 1.29 is 0 Å². The van der Waals surface area contributed by atoms with Gasteiger partial charge < -0.3 is 4.98 Å². The Morgan fingerprint density at radius 3 is 2.86 bits per heavy atom. The molecule has 2 aromatic rings. The molecular weight excluding hydrogens is 170 g/mol. The Morgan fingerprint density at radius 2 is 1.86 bits per heavy atom. The number of H-pyrrole nitrogens is 1. The quantitative estimate of drug-likeness (QED) is 0.605. The first-order chi connectivity index (χ1) is 6.95. The van der Waals surface area contributed by atoms with Crippen LogP contribution in [-0.4, -0.2) is 4.98 Å². The van der Waals surface area contributed by atoms with Gasteiger partial charge in [-0.1, -0.05) is 18.6 Å². The smallest absolute Gasteiger partial charge is 0.0489 e. The second-order valence-corrected chi connectivity index (χ2v) is 4.21. The molecule has 0 spiro atoms. The van der Waals surface area contributed by atoms with Gasteiger partial charge in [0.25, 0.3) is 0 Å². The molecule has 0 fully saturated rings. The number of aromatic amines is 1. The van der Waals surface area contributed by atoms with E-state index in [0.29, 0.717) is 0 Å². The fourth-order valence-electron chi connectivity index (χ4n) is 2.55. The lowest BCUT2D eigenvalue weighted by molar-refractivity contribution is 0.712. The molecule has 1 heterocycles. The molecule has 1 nitrogen and oxygen atoms in total. The molecule has 1 aliphatic rings. The van der Waals surface area contributed by atoms with E-state index in [2.05, 4.69) is 29.4 Å². The average molecular weight is 185 g/mol. The standard InChI is InChI=1S/C13H15N/c1-2-4-10-6-7-11-8-9-14-13(11)12(10)5-3-1/h6-9,14H,1-5H2. The number of aromatic nitrogens is 1. The summed E-state index contributed by atoms with van der Waals surface area (Å²) in [5.74, 6) is 0. The normalized spacial score (nSPS) is 16.6. The van der Waals surface area contributed by atoms with Gasteiger partial charge in [-0.25, -0.2) is 0 Å². The molecule has 1 N–H and O–H groups in total. The number of hydrogen-bond acceptors (Lipinski definition) is 0. The third-order valence-electron chi connectivity index (χ3n) is 3.31. The van der Waals surface area contributed by atoms with Gasteiger partial charge in [-0.2, -0.15) is 0 Å². The molecule has 0 amide bonds. The molecule has 0 saturated carbocycles. The van der Waals surface area contributed by atoms with Crippen LogP contribution in [0.5, 0.6) is 0 Å². The maximum atomic E-state index is 3.38. The van der Waals surface area contributed by atoms with Crippen LogP contribution in [0.4, 0.5) is 0 Å². The van der Waals surface area contributed by atoms with E-state index in [9.17, 15) is 0 Å². The average Bonchev–Trinajstić information content (AvgIpc) is 2.55. The number of rotatable bonds is 0. The summed E-state index contributed by atoms with van der Waals surface area (Å²) in [5.41, 5.74) is 4.52. The largest absolute Gasteiger partial charge is 0.361 e. The summed E-state index contributed by atoms with van der Waals surface area (Å²) in [4.78, 5) is 3.38. The Bertz CT molecular complexity index is 453. The minimum Gasteiger partial charge on any atom is -0.361 e. The molecule has 3 rings (SSSR count). The van der Waals surface area contributed by atoms with E-state index in [1.807, 2.05) is 0 Å². The summed E-state index contributed by atoms with van der Waals surface area (Å²) in [6.07, 6.45) is 8.68. The number of fused-ring (bicyclic) bond motifs is 3. The topological polar surface area (TPSA) is 15.8 Å². The maximum Gasteiger partial charge on any atom is 0.0489 e. The third-order valence-corrected chi connectivity index (χ3v) is 3.31. The molecule has 1 heteroatoms. The second-order valence-electron chi connectivity index (χ2n) is 4.21. The molecular formula is C13H15N. The van der Waals surface area contributed by atoms with Gasteiger partial charge in [0.15, 0.2) is 0 Å². The first-order valence-electron chi connectivity index (χ1n) is 5.53. The molecule has 14 heavy (non-hydrogen) atoms. The van der Waals surface area contributed by atoms with Crippen LogP contribution in [0.3, 0.4) is 0 Å². The van der Waals surface area contributed by atoms with Crippen LogP contribution < -0.4 is 0 Å². The van der Waals surface area contributed by atoms with Crippen molar-refractivity contribution in [2.24, 2.45) is 0 Å². The Labute approximate surface area is 84.1 Å². The summed E-state index contributed by atoms with van der Waals surface area (Å²) in [7, 11) is 0. The van der Waals surface area contributed by atoms with Gasteiger partial charge in [0.2, 0.25) is 0 Å². The summed E-state index contributed by atoms with van der Waals surface area (Å²) in [6.45, 7) is 0. The van der Waals surface area contributed by atoms with Crippen LogP contribution in [0.1, 0.15) is 30.4 Å². The van der Waals surface area contributed by atoms with Crippen LogP contribution >= 0.6 is 0 Å². The molecule has 0 bridgehead atoms. The minimum atomic E-state index is 1.26. The first kappa shape index (κ1) is 8.10. The van der Waals surface area contributed by atoms with Crippen molar-refractivity contribution in [1.29, 1.82) is 0 Å². The van der Waals surface area contributed by atoms with Crippen LogP contribution in [0, 0.1) is 0 Å². The highest BCUT2D eigenvalue weighted by atomic mass is 14.7. The van der Waals surface area contributed by atoms with Gasteiger partial charge in [0.1, 0.15) is 0 Å². The highest BCUT2D eigenvalue weighted by molar-refractivity contribution is 5.83. The van der Waals surface area contributed by atoms with Crippen molar-refractivity contribution in [3.63, 3.8) is 0 Å². The highest BCUT2D eigenvalue weighted by Crippen LogP contribution is 2.27. The predicted octanol–water partition coefficient (Wildman–Crippen LogP) is 3.44. The van der Waals surface area contributed by atoms with Crippen LogP contribution in [-0.2, 0) is 12.8 Å². The third kappa shape index (κ3) is 1.16. The SMILES string of the molecule is c1cc2ccc3c(c2[nH]1)CCCCC3. The molecule has 0 atom stereocenters. The minimum absolute atomic E-state index is 1.26. The van der Waals surface area contributed by atoms with Crippen molar-refractivity contribution in [3.8, 4) is 0 Å². The number of nitrogens with one attached hydrogen (secondary N) is 1. The van der Waals surface area contributed by atoms with Gasteiger partial charge >= 0.3 is 0 Å². The molecule has 0 aliphatic heterocycles. The fraction of sp³-hybridized carbons (Fsp3) is 0.385. The van der Waals surface area contributed by atoms with E-state index in [1.54, 1.807) is 11.1 Å². The zero-order valence-corrected chi connectivity index (χ0v) is 8.34. The van der Waals surface area contributed by atoms with E-state index in [4.69, 9.17) is 0 Å². The second kappa shape index (κ2) is 3.16. The van der Waals surface area contributed by atoms with Crippen LogP contribution in [0.25, 0.3) is 10.9 Å². The first-order valence-corrected chi connectivity index (χ1v) is 5.53. The lowest BCUT2D eigenvalue weighted by Gasteiger charge is -2.06. The van der Waals surface area contributed by atoms with Gasteiger partial charge in [0, 0.05) is 11.7 Å². The summed E-state index contributed by atoms with van der Waals surface area (Å²) in [5, 5.41) is 1.37. The lowest BCUT2D eigenvalue weighted by atomic mass is 10.0. The Hall–Kier alpha value is -1.24. The van der Waals surface area contributed by atoms with E-state index < -0.39 is 0 Å². The number of aryl methyl sites for hydroxylation is 2. The molecule has 1 aromatic carbocycles. The van der Waals surface area contributed by atoms with Crippen LogP contribution in [0.15, 0.2) is 24.4 Å². The molecule has 72 valence electrons. The number of benzene rings is 1. The monoisotopic (exact) mass is 185 g/mol. The van der Waals surface area contributed by atoms with Crippen molar-refractivity contribution >= 4 is 10.9 Å². The van der Waals surface area contributed by atoms with Crippen LogP contribution in [0.2, 0.25) is 0 Å². The molecule has 0 saturated heterocycles. The summed E-state index contributed by atoms with van der Waals surface area (Å²) >= 11 is 0. The van der Waals surface area contributed by atoms with Gasteiger partial charge in [-0.3, -0.25) is 0 Å². The van der Waals surface area contributed by atoms with E-state index >= 15 is 0 Å². The van der Waals surface area contributed by atoms with E-state index in [1.165, 1.54) is 43.0 Å². The molecule has 1 aliphatic carbocycles. The van der Waals surface area contributed by atoms with Crippen molar-refractivity contribution in [3.05, 3.63) is 35.5 Å². The van der Waals surface area contributed by atoms with Gasteiger partial charge in [-0.15, -0.1) is 0 Å². The summed E-state index contributed by atoms with van der Waals surface area (Å²) in [6, 6.07) is 6.73. The Morgan fingerprint density at radius 1 is 0.929 bits per heavy atom. The zero-order chi connectivity index (χ0) is 9.38. The van der Waals surface area contributed by atoms with Crippen molar-refractivity contribution in [2.45, 2.75) is 32.1 Å². The summed E-state index contributed by atoms with van der Waals surface area (Å²) < 4.78 is 0. The zero-order valence-electron chi connectivity index (χ0n) is 8.34. The lowest BCUT2D eigenvalue weighted by Crippen LogP contribution is -1.91. The van der Waals surface area contributed by atoms with Gasteiger partial charge in [0.05, 0.1) is 0 Å². The maximum absolute atomic E-state index is 3.38. The molecule has 0 radical (unpaired) electrons. The number of hydrogen-bond donors (Lipinski definition) is 1. The van der Waals surface area contributed by atoms with E-state index in [0.717, 1.165) is 0 Å². The fourth-order valence-corrected chi connectivity index (χ4v) is 2.55. The van der Waals surface area contributed by atoms with Crippen molar-refractivity contribution in [2.75, 3.05) is 0 Å². The van der Waals surface area contributed by atoms with E-state index in [-0.39, 0.29) is 0 Å². The predicted molar refractivity (Wildman–Crippen MR) is 59.6 cm³/mol. The van der Waals surface area contributed by atoms with Crippen molar-refractivity contribution in [1.82, 2.24) is 4.98 Å². The molecule has 1 aromatic heterocycles. The van der Waals surface area contributed by atoms with Gasteiger partial charge in [-0.05, 0) is 48.3 Å². The molecule has 0 unspecified atom stereocenters.